The molecule has 0 saturated carbocycles. The van der Waals surface area contributed by atoms with Crippen LogP contribution in [0, 0.1) is 0 Å². The zero-order valence-corrected chi connectivity index (χ0v) is 9.30. The molecule has 2 aromatic rings. The summed E-state index contributed by atoms with van der Waals surface area (Å²) >= 11 is 1.54. The van der Waals surface area contributed by atoms with E-state index in [-0.39, 0.29) is 5.91 Å². The van der Waals surface area contributed by atoms with Crippen LogP contribution in [0.1, 0.15) is 5.56 Å². The zero-order valence-electron chi connectivity index (χ0n) is 8.49. The number of para-hydroxylation sites is 1. The van der Waals surface area contributed by atoms with Crippen molar-refractivity contribution in [2.75, 3.05) is 5.88 Å². The van der Waals surface area contributed by atoms with E-state index in [2.05, 4.69) is 16.4 Å². The number of rotatable bonds is 1. The summed E-state index contributed by atoms with van der Waals surface area (Å²) in [4.78, 5) is 15.4. The molecule has 1 aromatic carbocycles. The van der Waals surface area contributed by atoms with Crippen molar-refractivity contribution in [3.63, 3.8) is 0 Å². The standard InChI is InChI=1S/C12H10N2OS/c15-12-11(16-7-14-12)5-8-6-13-10-4-2-1-3-9(8)10/h1-6,13H,7H2,(H,14,15). The monoisotopic (exact) mass is 230 g/mol. The minimum atomic E-state index is 0.0234. The maximum absolute atomic E-state index is 11.4. The highest BCUT2D eigenvalue weighted by molar-refractivity contribution is 8.04. The van der Waals surface area contributed by atoms with Crippen LogP contribution in [0.5, 0.6) is 0 Å². The molecule has 2 N–H and O–H groups in total. The summed E-state index contributed by atoms with van der Waals surface area (Å²) < 4.78 is 0. The van der Waals surface area contributed by atoms with Crippen LogP contribution in [-0.4, -0.2) is 16.8 Å². The molecule has 1 fully saturated rings. The Morgan fingerprint density at radius 1 is 1.31 bits per heavy atom. The van der Waals surface area contributed by atoms with Crippen molar-refractivity contribution in [1.29, 1.82) is 0 Å². The summed E-state index contributed by atoms with van der Waals surface area (Å²) in [6, 6.07) is 8.07. The van der Waals surface area contributed by atoms with E-state index in [4.69, 9.17) is 0 Å². The van der Waals surface area contributed by atoms with Crippen LogP contribution < -0.4 is 5.32 Å². The summed E-state index contributed by atoms with van der Waals surface area (Å²) in [6.07, 6.45) is 3.87. The topological polar surface area (TPSA) is 44.9 Å². The molecule has 1 aliphatic heterocycles. The highest BCUT2D eigenvalue weighted by Crippen LogP contribution is 2.26. The van der Waals surface area contributed by atoms with E-state index in [0.29, 0.717) is 5.88 Å². The first-order valence-corrected chi connectivity index (χ1v) is 6.02. The van der Waals surface area contributed by atoms with Crippen LogP contribution >= 0.6 is 11.8 Å². The molecule has 0 spiro atoms. The van der Waals surface area contributed by atoms with E-state index in [1.54, 1.807) is 11.8 Å². The molecule has 1 aromatic heterocycles. The number of carbonyl (C=O) groups is 1. The van der Waals surface area contributed by atoms with E-state index in [9.17, 15) is 4.79 Å². The van der Waals surface area contributed by atoms with Gasteiger partial charge in [-0.2, -0.15) is 0 Å². The van der Waals surface area contributed by atoms with Crippen LogP contribution in [0.4, 0.5) is 0 Å². The molecule has 0 atom stereocenters. The second kappa shape index (κ2) is 3.72. The van der Waals surface area contributed by atoms with Gasteiger partial charge in [-0.05, 0) is 12.1 Å². The van der Waals surface area contributed by atoms with Crippen molar-refractivity contribution in [2.24, 2.45) is 0 Å². The fraction of sp³-hybridized carbons (Fsp3) is 0.0833. The predicted molar refractivity (Wildman–Crippen MR) is 66.9 cm³/mol. The van der Waals surface area contributed by atoms with Gasteiger partial charge in [-0.25, -0.2) is 0 Å². The molecule has 0 bridgehead atoms. The van der Waals surface area contributed by atoms with Crippen LogP contribution in [0.2, 0.25) is 0 Å². The van der Waals surface area contributed by atoms with Gasteiger partial charge in [-0.15, -0.1) is 0 Å². The van der Waals surface area contributed by atoms with Crippen molar-refractivity contribution in [3.8, 4) is 0 Å². The average molecular weight is 230 g/mol. The van der Waals surface area contributed by atoms with Gasteiger partial charge < -0.3 is 10.3 Å². The smallest absolute Gasteiger partial charge is 0.258 e. The molecule has 16 heavy (non-hydrogen) atoms. The second-order valence-electron chi connectivity index (χ2n) is 3.59. The van der Waals surface area contributed by atoms with Gasteiger partial charge in [0.1, 0.15) is 0 Å². The van der Waals surface area contributed by atoms with Crippen LogP contribution in [0.3, 0.4) is 0 Å². The molecule has 0 radical (unpaired) electrons. The van der Waals surface area contributed by atoms with Gasteiger partial charge in [0.15, 0.2) is 0 Å². The lowest BCUT2D eigenvalue weighted by molar-refractivity contribution is -0.116. The van der Waals surface area contributed by atoms with Crippen LogP contribution in [0.25, 0.3) is 17.0 Å². The van der Waals surface area contributed by atoms with Crippen molar-refractivity contribution in [3.05, 3.63) is 40.9 Å². The van der Waals surface area contributed by atoms with E-state index >= 15 is 0 Å². The summed E-state index contributed by atoms with van der Waals surface area (Å²) in [7, 11) is 0. The van der Waals surface area contributed by atoms with Gasteiger partial charge in [0.25, 0.3) is 5.91 Å². The lowest BCUT2D eigenvalue weighted by atomic mass is 10.1. The minimum absolute atomic E-state index is 0.0234. The Balaban J connectivity index is 2.10. The van der Waals surface area contributed by atoms with Gasteiger partial charge in [0.2, 0.25) is 0 Å². The predicted octanol–water partition coefficient (Wildman–Crippen LogP) is 2.33. The third kappa shape index (κ3) is 1.51. The molecular formula is C12H10N2OS. The normalized spacial score (nSPS) is 18.2. The van der Waals surface area contributed by atoms with Crippen molar-refractivity contribution in [2.45, 2.75) is 0 Å². The molecule has 0 unspecified atom stereocenters. The maximum Gasteiger partial charge on any atom is 0.258 e. The van der Waals surface area contributed by atoms with Crippen molar-refractivity contribution >= 4 is 34.6 Å². The van der Waals surface area contributed by atoms with E-state index in [0.717, 1.165) is 21.4 Å². The van der Waals surface area contributed by atoms with Gasteiger partial charge in [-0.3, -0.25) is 4.79 Å². The molecular weight excluding hydrogens is 220 g/mol. The molecule has 1 amide bonds. The molecule has 1 saturated heterocycles. The Morgan fingerprint density at radius 2 is 2.19 bits per heavy atom. The molecule has 0 aliphatic carbocycles. The quantitative estimate of drug-likeness (QED) is 0.738. The Labute approximate surface area is 96.9 Å². The number of thioether (sulfide) groups is 1. The fourth-order valence-electron chi connectivity index (χ4n) is 1.79. The van der Waals surface area contributed by atoms with Gasteiger partial charge >= 0.3 is 0 Å². The maximum atomic E-state index is 11.4. The molecule has 3 rings (SSSR count). The molecule has 4 heteroatoms. The third-order valence-electron chi connectivity index (χ3n) is 2.59. The Bertz CT molecular complexity index is 585. The van der Waals surface area contributed by atoms with Crippen molar-refractivity contribution < 1.29 is 4.79 Å². The number of amides is 1. The van der Waals surface area contributed by atoms with Gasteiger partial charge in [0, 0.05) is 22.7 Å². The first-order valence-electron chi connectivity index (χ1n) is 5.03. The lowest BCUT2D eigenvalue weighted by Crippen LogP contribution is -2.13. The number of H-pyrrole nitrogens is 1. The van der Waals surface area contributed by atoms with Crippen LogP contribution in [-0.2, 0) is 4.79 Å². The van der Waals surface area contributed by atoms with E-state index in [1.807, 2.05) is 30.5 Å². The number of hydrogen-bond acceptors (Lipinski definition) is 2. The first kappa shape index (κ1) is 9.54. The molecule has 1 aliphatic rings. The zero-order chi connectivity index (χ0) is 11.0. The number of nitrogens with one attached hydrogen (secondary N) is 2. The minimum Gasteiger partial charge on any atom is -0.361 e. The summed E-state index contributed by atoms with van der Waals surface area (Å²) in [5.41, 5.74) is 2.16. The largest absolute Gasteiger partial charge is 0.361 e. The Morgan fingerprint density at radius 3 is 3.00 bits per heavy atom. The Kier molecular flexibility index (Phi) is 2.22. The number of benzene rings is 1. The van der Waals surface area contributed by atoms with E-state index < -0.39 is 0 Å². The molecule has 3 nitrogen and oxygen atoms in total. The fourth-order valence-corrected chi connectivity index (χ4v) is 2.57. The lowest BCUT2D eigenvalue weighted by Gasteiger charge is -1.93. The van der Waals surface area contributed by atoms with E-state index in [1.165, 1.54) is 0 Å². The highest BCUT2D eigenvalue weighted by Gasteiger charge is 2.17. The number of carbonyl (C=O) groups excluding carboxylic acids is 1. The number of fused-ring (bicyclic) bond motifs is 1. The Hall–Kier alpha value is -1.68. The van der Waals surface area contributed by atoms with Crippen LogP contribution in [0.15, 0.2) is 35.4 Å². The second-order valence-corrected chi connectivity index (χ2v) is 4.61. The third-order valence-corrected chi connectivity index (χ3v) is 3.49. The summed E-state index contributed by atoms with van der Waals surface area (Å²) in [6.45, 7) is 0. The number of hydrogen-bond donors (Lipinski definition) is 2. The number of aromatic nitrogens is 1. The average Bonchev–Trinajstić information content (AvgIpc) is 2.88. The molecule has 2 heterocycles. The number of aromatic amines is 1. The van der Waals surface area contributed by atoms with Gasteiger partial charge in [0.05, 0.1) is 10.8 Å². The highest BCUT2D eigenvalue weighted by atomic mass is 32.2. The van der Waals surface area contributed by atoms with Gasteiger partial charge in [-0.1, -0.05) is 30.0 Å². The molecule has 80 valence electrons. The summed E-state index contributed by atoms with van der Waals surface area (Å²) in [5, 5.41) is 3.92. The first-order chi connectivity index (χ1) is 7.84. The summed E-state index contributed by atoms with van der Waals surface area (Å²) in [5.74, 6) is 0.697. The SMILES string of the molecule is O=C1NCSC1=Cc1c[nH]c2ccccc12. The van der Waals surface area contributed by atoms with Crippen molar-refractivity contribution in [1.82, 2.24) is 10.3 Å².